The molecule has 0 atom stereocenters. The van der Waals surface area contributed by atoms with Crippen molar-refractivity contribution < 1.29 is 4.79 Å². The molecular weight excluding hydrogens is 224 g/mol. The molecule has 2 heterocycles. The number of fused-ring (bicyclic) bond motifs is 1. The summed E-state index contributed by atoms with van der Waals surface area (Å²) in [5.41, 5.74) is 1.45. The van der Waals surface area contributed by atoms with E-state index in [9.17, 15) is 4.79 Å². The second kappa shape index (κ2) is 3.91. The SMILES string of the molecule is CC(=O)c1ccn2c(C(C)C)nc(Cl)c2c1. The fourth-order valence-corrected chi connectivity index (χ4v) is 1.93. The van der Waals surface area contributed by atoms with Crippen LogP contribution in [0.25, 0.3) is 5.52 Å². The molecule has 2 aromatic rings. The molecule has 0 amide bonds. The highest BCUT2D eigenvalue weighted by Gasteiger charge is 2.13. The Kier molecular flexibility index (Phi) is 2.72. The van der Waals surface area contributed by atoms with Crippen molar-refractivity contribution in [3.8, 4) is 0 Å². The first-order valence-electron chi connectivity index (χ1n) is 5.19. The third-order valence-corrected chi connectivity index (χ3v) is 2.83. The van der Waals surface area contributed by atoms with E-state index in [1.165, 1.54) is 0 Å². The molecule has 0 bridgehead atoms. The maximum Gasteiger partial charge on any atom is 0.159 e. The molecule has 0 aliphatic heterocycles. The molecule has 0 spiro atoms. The van der Waals surface area contributed by atoms with Crippen LogP contribution in [0, 0.1) is 0 Å². The van der Waals surface area contributed by atoms with Crippen molar-refractivity contribution in [2.75, 3.05) is 0 Å². The zero-order valence-electron chi connectivity index (χ0n) is 9.49. The Hall–Kier alpha value is -1.35. The Morgan fingerprint density at radius 1 is 1.50 bits per heavy atom. The topological polar surface area (TPSA) is 34.4 Å². The number of carbonyl (C=O) groups is 1. The van der Waals surface area contributed by atoms with Crippen molar-refractivity contribution in [3.63, 3.8) is 0 Å². The van der Waals surface area contributed by atoms with Gasteiger partial charge in [0, 0.05) is 17.7 Å². The third kappa shape index (κ3) is 1.71. The smallest absolute Gasteiger partial charge is 0.159 e. The van der Waals surface area contributed by atoms with Gasteiger partial charge in [-0.1, -0.05) is 25.4 Å². The zero-order valence-corrected chi connectivity index (χ0v) is 10.2. The first-order chi connectivity index (χ1) is 7.50. The number of imidazole rings is 1. The first-order valence-corrected chi connectivity index (χ1v) is 5.57. The summed E-state index contributed by atoms with van der Waals surface area (Å²) < 4.78 is 1.93. The average molecular weight is 237 g/mol. The van der Waals surface area contributed by atoms with E-state index in [4.69, 9.17) is 11.6 Å². The monoisotopic (exact) mass is 236 g/mol. The van der Waals surface area contributed by atoms with Gasteiger partial charge in [0.05, 0.1) is 5.52 Å². The molecule has 0 aliphatic rings. The quantitative estimate of drug-likeness (QED) is 0.750. The van der Waals surface area contributed by atoms with Crippen LogP contribution in [-0.4, -0.2) is 15.2 Å². The number of pyridine rings is 1. The van der Waals surface area contributed by atoms with E-state index in [0.29, 0.717) is 16.6 Å². The molecule has 0 radical (unpaired) electrons. The number of hydrogen-bond acceptors (Lipinski definition) is 2. The minimum absolute atomic E-state index is 0.0332. The second-order valence-electron chi connectivity index (χ2n) is 4.14. The molecule has 2 rings (SSSR count). The van der Waals surface area contributed by atoms with Crippen LogP contribution in [0.3, 0.4) is 0 Å². The van der Waals surface area contributed by atoms with E-state index in [2.05, 4.69) is 18.8 Å². The third-order valence-electron chi connectivity index (χ3n) is 2.55. The normalized spacial score (nSPS) is 11.3. The highest BCUT2D eigenvalue weighted by molar-refractivity contribution is 6.32. The van der Waals surface area contributed by atoms with Gasteiger partial charge in [0.1, 0.15) is 5.82 Å². The van der Waals surface area contributed by atoms with Gasteiger partial charge >= 0.3 is 0 Å². The minimum Gasteiger partial charge on any atom is -0.302 e. The van der Waals surface area contributed by atoms with Crippen LogP contribution in [0.4, 0.5) is 0 Å². The highest BCUT2D eigenvalue weighted by Crippen LogP contribution is 2.23. The molecule has 0 aromatic carbocycles. The minimum atomic E-state index is 0.0332. The van der Waals surface area contributed by atoms with E-state index in [0.717, 1.165) is 11.3 Å². The second-order valence-corrected chi connectivity index (χ2v) is 4.50. The number of hydrogen-bond donors (Lipinski definition) is 0. The Morgan fingerprint density at radius 3 is 2.75 bits per heavy atom. The van der Waals surface area contributed by atoms with E-state index in [1.807, 2.05) is 10.6 Å². The van der Waals surface area contributed by atoms with Crippen molar-refractivity contribution in [3.05, 3.63) is 34.9 Å². The average Bonchev–Trinajstić information content (AvgIpc) is 2.56. The largest absolute Gasteiger partial charge is 0.302 e. The molecule has 0 saturated carbocycles. The molecule has 2 aromatic heterocycles. The molecule has 0 N–H and O–H groups in total. The van der Waals surface area contributed by atoms with Crippen LogP contribution in [0.5, 0.6) is 0 Å². The lowest BCUT2D eigenvalue weighted by atomic mass is 10.2. The summed E-state index contributed by atoms with van der Waals surface area (Å²) in [6.07, 6.45) is 1.85. The standard InChI is InChI=1S/C12H13ClN2O/c1-7(2)12-14-11(13)10-6-9(8(3)16)4-5-15(10)12/h4-7H,1-3H3. The summed E-state index contributed by atoms with van der Waals surface area (Å²) in [7, 11) is 0. The van der Waals surface area contributed by atoms with Crippen LogP contribution < -0.4 is 0 Å². The van der Waals surface area contributed by atoms with Gasteiger partial charge in [0.15, 0.2) is 10.9 Å². The van der Waals surface area contributed by atoms with E-state index < -0.39 is 0 Å². The molecule has 0 fully saturated rings. The Balaban J connectivity index is 2.71. The number of carbonyl (C=O) groups excluding carboxylic acids is 1. The lowest BCUT2D eigenvalue weighted by Gasteiger charge is -2.04. The lowest BCUT2D eigenvalue weighted by Crippen LogP contribution is -1.98. The van der Waals surface area contributed by atoms with Gasteiger partial charge < -0.3 is 4.40 Å². The number of rotatable bonds is 2. The van der Waals surface area contributed by atoms with Crippen LogP contribution in [0.2, 0.25) is 5.15 Å². The van der Waals surface area contributed by atoms with Gasteiger partial charge in [-0.3, -0.25) is 4.79 Å². The summed E-state index contributed by atoms with van der Waals surface area (Å²) in [4.78, 5) is 15.6. The zero-order chi connectivity index (χ0) is 11.9. The number of aromatic nitrogens is 2. The van der Waals surface area contributed by atoms with Gasteiger partial charge in [-0.15, -0.1) is 0 Å². The van der Waals surface area contributed by atoms with E-state index >= 15 is 0 Å². The van der Waals surface area contributed by atoms with Crippen LogP contribution in [-0.2, 0) is 0 Å². The fraction of sp³-hybridized carbons (Fsp3) is 0.333. The summed E-state index contributed by atoms with van der Waals surface area (Å²) in [6, 6.07) is 3.57. The molecule has 84 valence electrons. The molecule has 0 saturated heterocycles. The van der Waals surface area contributed by atoms with Crippen molar-refractivity contribution in [2.45, 2.75) is 26.7 Å². The number of nitrogens with zero attached hydrogens (tertiary/aromatic N) is 2. The molecule has 3 nitrogen and oxygen atoms in total. The molecule has 0 unspecified atom stereocenters. The highest BCUT2D eigenvalue weighted by atomic mass is 35.5. The number of ketones is 1. The van der Waals surface area contributed by atoms with Crippen LogP contribution in [0.15, 0.2) is 18.3 Å². The Morgan fingerprint density at radius 2 is 2.19 bits per heavy atom. The fourth-order valence-electron chi connectivity index (χ4n) is 1.70. The predicted octanol–water partition coefficient (Wildman–Crippen LogP) is 3.31. The van der Waals surface area contributed by atoms with Gasteiger partial charge in [-0.2, -0.15) is 0 Å². The van der Waals surface area contributed by atoms with E-state index in [1.54, 1.807) is 19.1 Å². The maximum absolute atomic E-state index is 11.3. The first kappa shape index (κ1) is 11.1. The lowest BCUT2D eigenvalue weighted by molar-refractivity contribution is 0.101. The number of Topliss-reactive ketones (excluding diaryl/α,β-unsaturated/α-hetero) is 1. The molecule has 0 aliphatic carbocycles. The number of halogens is 1. The maximum atomic E-state index is 11.3. The van der Waals surface area contributed by atoms with Crippen molar-refractivity contribution in [2.24, 2.45) is 0 Å². The predicted molar refractivity (Wildman–Crippen MR) is 64.3 cm³/mol. The van der Waals surface area contributed by atoms with Crippen LogP contribution >= 0.6 is 11.6 Å². The Bertz CT molecular complexity index is 557. The Labute approximate surface area is 99.1 Å². The summed E-state index contributed by atoms with van der Waals surface area (Å²) in [5.74, 6) is 1.24. The van der Waals surface area contributed by atoms with Crippen LogP contribution in [0.1, 0.15) is 42.9 Å². The van der Waals surface area contributed by atoms with Gasteiger partial charge in [-0.05, 0) is 19.1 Å². The van der Waals surface area contributed by atoms with Crippen molar-refractivity contribution in [1.82, 2.24) is 9.38 Å². The van der Waals surface area contributed by atoms with Crippen molar-refractivity contribution >= 4 is 22.9 Å². The van der Waals surface area contributed by atoms with Crippen molar-refractivity contribution in [1.29, 1.82) is 0 Å². The molecular formula is C12H13ClN2O. The summed E-state index contributed by atoms with van der Waals surface area (Å²) in [6.45, 7) is 5.66. The van der Waals surface area contributed by atoms with Gasteiger partial charge in [0.25, 0.3) is 0 Å². The summed E-state index contributed by atoms with van der Waals surface area (Å²) in [5, 5.41) is 0.451. The van der Waals surface area contributed by atoms with Gasteiger partial charge in [0.2, 0.25) is 0 Å². The molecule has 16 heavy (non-hydrogen) atoms. The summed E-state index contributed by atoms with van der Waals surface area (Å²) >= 11 is 6.06. The molecule has 4 heteroatoms. The van der Waals surface area contributed by atoms with Gasteiger partial charge in [-0.25, -0.2) is 4.98 Å². The van der Waals surface area contributed by atoms with E-state index in [-0.39, 0.29) is 5.78 Å².